The summed E-state index contributed by atoms with van der Waals surface area (Å²) in [4.78, 5) is 0. The van der Waals surface area contributed by atoms with Gasteiger partial charge in [-0.05, 0) is 43.0 Å². The van der Waals surface area contributed by atoms with Gasteiger partial charge >= 0.3 is 0 Å². The van der Waals surface area contributed by atoms with E-state index in [-0.39, 0.29) is 6.10 Å². The van der Waals surface area contributed by atoms with Crippen molar-refractivity contribution in [3.63, 3.8) is 0 Å². The van der Waals surface area contributed by atoms with E-state index in [9.17, 15) is 0 Å². The molecule has 1 N–H and O–H groups in total. The first-order valence-corrected chi connectivity index (χ1v) is 7.46. The molecule has 0 fully saturated rings. The summed E-state index contributed by atoms with van der Waals surface area (Å²) in [5, 5.41) is 3.47. The van der Waals surface area contributed by atoms with Crippen LogP contribution >= 0.6 is 0 Å². The highest BCUT2D eigenvalue weighted by Gasteiger charge is 2.17. The Balaban J connectivity index is 2.70. The second-order valence-corrected chi connectivity index (χ2v) is 6.11. The lowest BCUT2D eigenvalue weighted by Gasteiger charge is -2.24. The van der Waals surface area contributed by atoms with Crippen molar-refractivity contribution in [3.05, 3.63) is 23.8 Å². The molecule has 1 unspecified atom stereocenters. The molecule has 0 aliphatic heterocycles. The summed E-state index contributed by atoms with van der Waals surface area (Å²) in [7, 11) is 1.68. The van der Waals surface area contributed by atoms with Crippen LogP contribution in [-0.4, -0.2) is 26.3 Å². The highest BCUT2D eigenvalue weighted by atomic mass is 16.5. The Labute approximate surface area is 123 Å². The van der Waals surface area contributed by atoms with Crippen molar-refractivity contribution in [2.75, 3.05) is 20.2 Å². The quantitative estimate of drug-likeness (QED) is 0.788. The number of hydrogen-bond donors (Lipinski definition) is 1. The van der Waals surface area contributed by atoms with Crippen LogP contribution in [0.1, 0.15) is 33.3 Å². The van der Waals surface area contributed by atoms with Crippen LogP contribution in [0.25, 0.3) is 0 Å². The molecule has 1 rings (SSSR count). The van der Waals surface area contributed by atoms with Gasteiger partial charge in [-0.2, -0.15) is 0 Å². The van der Waals surface area contributed by atoms with Gasteiger partial charge in [0.25, 0.3) is 0 Å². The Morgan fingerprint density at radius 1 is 1.05 bits per heavy atom. The van der Waals surface area contributed by atoms with E-state index in [0.717, 1.165) is 24.6 Å². The van der Waals surface area contributed by atoms with Gasteiger partial charge in [0, 0.05) is 6.54 Å². The van der Waals surface area contributed by atoms with Gasteiger partial charge in [-0.1, -0.05) is 33.8 Å². The van der Waals surface area contributed by atoms with Crippen LogP contribution in [0.15, 0.2) is 18.2 Å². The van der Waals surface area contributed by atoms with Crippen molar-refractivity contribution in [1.82, 2.24) is 5.32 Å². The zero-order valence-electron chi connectivity index (χ0n) is 13.7. The first kappa shape index (κ1) is 16.8. The van der Waals surface area contributed by atoms with Crippen molar-refractivity contribution in [2.24, 2.45) is 11.8 Å². The molecule has 0 spiro atoms. The molecule has 3 heteroatoms. The molecule has 0 saturated heterocycles. The van der Waals surface area contributed by atoms with Gasteiger partial charge in [0.1, 0.15) is 6.10 Å². The van der Waals surface area contributed by atoms with Crippen LogP contribution in [0, 0.1) is 18.8 Å². The van der Waals surface area contributed by atoms with Gasteiger partial charge in [0.05, 0.1) is 7.11 Å². The molecule has 0 aliphatic rings. The highest BCUT2D eigenvalue weighted by Crippen LogP contribution is 2.29. The molecule has 1 aromatic rings. The molecule has 0 bridgehead atoms. The number of aryl methyl sites for hydroxylation is 1. The van der Waals surface area contributed by atoms with Crippen molar-refractivity contribution >= 4 is 0 Å². The van der Waals surface area contributed by atoms with E-state index in [0.29, 0.717) is 11.8 Å². The molecule has 3 nitrogen and oxygen atoms in total. The van der Waals surface area contributed by atoms with Crippen molar-refractivity contribution in [3.8, 4) is 11.5 Å². The molecular weight excluding hydrogens is 250 g/mol. The molecule has 0 aliphatic carbocycles. The third-order valence-electron chi connectivity index (χ3n) is 3.24. The number of hydrogen-bond acceptors (Lipinski definition) is 3. The minimum absolute atomic E-state index is 0.144. The number of nitrogens with one attached hydrogen (secondary N) is 1. The monoisotopic (exact) mass is 279 g/mol. The van der Waals surface area contributed by atoms with E-state index in [1.54, 1.807) is 7.11 Å². The van der Waals surface area contributed by atoms with Crippen LogP contribution in [-0.2, 0) is 0 Å². The summed E-state index contributed by atoms with van der Waals surface area (Å²) >= 11 is 0. The number of methoxy groups -OCH3 is 1. The van der Waals surface area contributed by atoms with E-state index in [1.807, 2.05) is 12.1 Å². The van der Waals surface area contributed by atoms with Gasteiger partial charge in [-0.3, -0.25) is 0 Å². The van der Waals surface area contributed by atoms with Gasteiger partial charge in [0.2, 0.25) is 0 Å². The third-order valence-corrected chi connectivity index (χ3v) is 3.24. The lowest BCUT2D eigenvalue weighted by Crippen LogP contribution is -2.37. The molecule has 0 radical (unpaired) electrons. The van der Waals surface area contributed by atoms with Gasteiger partial charge in [-0.15, -0.1) is 0 Å². The zero-order chi connectivity index (χ0) is 15.1. The molecule has 0 amide bonds. The van der Waals surface area contributed by atoms with Gasteiger partial charge in [0.15, 0.2) is 11.5 Å². The Hall–Kier alpha value is -1.22. The average molecular weight is 279 g/mol. The standard InChI is InChI=1S/C17H29NO2/c1-12(2)10-18-11-17(13(3)4)20-15-8-7-14(5)9-16(15)19-6/h7-9,12-13,17-18H,10-11H2,1-6H3. The zero-order valence-corrected chi connectivity index (χ0v) is 13.7. The fraction of sp³-hybridized carbons (Fsp3) is 0.647. The maximum atomic E-state index is 6.15. The second kappa shape index (κ2) is 8.15. The topological polar surface area (TPSA) is 30.5 Å². The lowest BCUT2D eigenvalue weighted by atomic mass is 10.1. The summed E-state index contributed by atoms with van der Waals surface area (Å²) in [6.45, 7) is 12.7. The second-order valence-electron chi connectivity index (χ2n) is 6.11. The third kappa shape index (κ3) is 5.41. The van der Waals surface area contributed by atoms with Crippen LogP contribution < -0.4 is 14.8 Å². The summed E-state index contributed by atoms with van der Waals surface area (Å²) in [5.74, 6) is 2.72. The van der Waals surface area contributed by atoms with Crippen molar-refractivity contribution in [2.45, 2.75) is 40.7 Å². The lowest BCUT2D eigenvalue weighted by molar-refractivity contribution is 0.143. The van der Waals surface area contributed by atoms with Crippen LogP contribution in [0.4, 0.5) is 0 Å². The molecule has 1 atom stereocenters. The van der Waals surface area contributed by atoms with Crippen molar-refractivity contribution in [1.29, 1.82) is 0 Å². The van der Waals surface area contributed by atoms with Gasteiger partial charge < -0.3 is 14.8 Å². The molecule has 0 saturated carbocycles. The maximum absolute atomic E-state index is 6.15. The Morgan fingerprint density at radius 3 is 2.30 bits per heavy atom. The summed E-state index contributed by atoms with van der Waals surface area (Å²) in [6.07, 6.45) is 0.144. The fourth-order valence-corrected chi connectivity index (χ4v) is 1.96. The molecule has 1 aromatic carbocycles. The van der Waals surface area contributed by atoms with E-state index < -0.39 is 0 Å². The average Bonchev–Trinajstić information content (AvgIpc) is 2.38. The Morgan fingerprint density at radius 2 is 1.75 bits per heavy atom. The minimum atomic E-state index is 0.144. The Bertz CT molecular complexity index is 402. The summed E-state index contributed by atoms with van der Waals surface area (Å²) in [6, 6.07) is 6.05. The normalized spacial score (nSPS) is 12.8. The first-order chi connectivity index (χ1) is 9.43. The summed E-state index contributed by atoms with van der Waals surface area (Å²) < 4.78 is 11.6. The largest absolute Gasteiger partial charge is 0.493 e. The molecular formula is C17H29NO2. The molecule has 0 aromatic heterocycles. The fourth-order valence-electron chi connectivity index (χ4n) is 1.96. The maximum Gasteiger partial charge on any atom is 0.161 e. The van der Waals surface area contributed by atoms with E-state index >= 15 is 0 Å². The molecule has 0 heterocycles. The first-order valence-electron chi connectivity index (χ1n) is 7.46. The number of rotatable bonds is 8. The van der Waals surface area contributed by atoms with E-state index in [4.69, 9.17) is 9.47 Å². The van der Waals surface area contributed by atoms with Crippen LogP contribution in [0.5, 0.6) is 11.5 Å². The minimum Gasteiger partial charge on any atom is -0.493 e. The Kier molecular flexibility index (Phi) is 6.86. The van der Waals surface area contributed by atoms with Crippen LogP contribution in [0.2, 0.25) is 0 Å². The van der Waals surface area contributed by atoms with Crippen molar-refractivity contribution < 1.29 is 9.47 Å². The SMILES string of the molecule is COc1cc(C)ccc1OC(CNCC(C)C)C(C)C. The summed E-state index contributed by atoms with van der Waals surface area (Å²) in [5.41, 5.74) is 1.17. The van der Waals surface area contributed by atoms with E-state index in [1.165, 1.54) is 5.56 Å². The molecule has 114 valence electrons. The number of ether oxygens (including phenoxy) is 2. The smallest absolute Gasteiger partial charge is 0.161 e. The number of benzene rings is 1. The van der Waals surface area contributed by atoms with E-state index in [2.05, 4.69) is 46.0 Å². The predicted octanol–water partition coefficient (Wildman–Crippen LogP) is 3.65. The highest BCUT2D eigenvalue weighted by molar-refractivity contribution is 5.42. The predicted molar refractivity (Wildman–Crippen MR) is 84.7 cm³/mol. The van der Waals surface area contributed by atoms with Crippen LogP contribution in [0.3, 0.4) is 0 Å². The van der Waals surface area contributed by atoms with Gasteiger partial charge in [-0.25, -0.2) is 0 Å². The molecule has 20 heavy (non-hydrogen) atoms.